The van der Waals surface area contributed by atoms with E-state index in [1.54, 1.807) is 4.90 Å². The van der Waals surface area contributed by atoms with E-state index < -0.39 is 0 Å². The normalized spacial score (nSPS) is 19.4. The first-order valence-corrected chi connectivity index (χ1v) is 5.25. The summed E-state index contributed by atoms with van der Waals surface area (Å²) in [5.74, 6) is -0.149. The van der Waals surface area contributed by atoms with Crippen LogP contribution < -0.4 is 0 Å². The number of hydrogen-bond donors (Lipinski definition) is 1. The highest BCUT2D eigenvalue weighted by molar-refractivity contribution is 5.87. The van der Waals surface area contributed by atoms with Gasteiger partial charge in [-0.05, 0) is 19.1 Å². The molecule has 0 fully saturated rings. The maximum absolute atomic E-state index is 11.6. The molecule has 0 aromatic carbocycles. The molecule has 2 heterocycles. The molecule has 1 atom stereocenters. The maximum Gasteiger partial charge on any atom is 0.246 e. The van der Waals surface area contributed by atoms with Crippen molar-refractivity contribution in [1.29, 1.82) is 0 Å². The Bertz CT molecular complexity index is 425. The summed E-state index contributed by atoms with van der Waals surface area (Å²) in [5.41, 5.74) is 1.79. The second-order valence-corrected chi connectivity index (χ2v) is 3.87. The van der Waals surface area contributed by atoms with Crippen LogP contribution in [0.5, 0.6) is 0 Å². The van der Waals surface area contributed by atoms with Crippen molar-refractivity contribution in [1.82, 2.24) is 14.7 Å². The van der Waals surface area contributed by atoms with Gasteiger partial charge < -0.3 is 10.0 Å². The molecule has 0 spiro atoms. The van der Waals surface area contributed by atoms with Crippen molar-refractivity contribution in [2.75, 3.05) is 13.2 Å². The fraction of sp³-hybridized carbons (Fsp3) is 0.455. The van der Waals surface area contributed by atoms with Gasteiger partial charge in [0.15, 0.2) is 0 Å². The number of aliphatic hydroxyl groups is 1. The first-order chi connectivity index (χ1) is 7.67. The summed E-state index contributed by atoms with van der Waals surface area (Å²) in [5, 5.41) is 13.7. The van der Waals surface area contributed by atoms with E-state index in [0.717, 1.165) is 11.4 Å². The van der Waals surface area contributed by atoms with Crippen molar-refractivity contribution in [3.63, 3.8) is 0 Å². The number of hydrogen-bond acceptors (Lipinski definition) is 3. The van der Waals surface area contributed by atoms with Crippen molar-refractivity contribution in [2.24, 2.45) is 0 Å². The van der Waals surface area contributed by atoms with Gasteiger partial charge in [0, 0.05) is 6.54 Å². The molecule has 5 nitrogen and oxygen atoms in total. The van der Waals surface area contributed by atoms with Crippen LogP contribution in [-0.4, -0.2) is 38.8 Å². The number of carbonyl (C=O) groups excluding carboxylic acids is 1. The molecule has 5 heteroatoms. The molecule has 16 heavy (non-hydrogen) atoms. The van der Waals surface area contributed by atoms with Gasteiger partial charge in [0.2, 0.25) is 5.91 Å². The fourth-order valence-electron chi connectivity index (χ4n) is 2.10. The zero-order valence-corrected chi connectivity index (χ0v) is 9.26. The number of rotatable bonds is 2. The fourth-order valence-corrected chi connectivity index (χ4v) is 2.10. The second-order valence-electron chi connectivity index (χ2n) is 3.87. The van der Waals surface area contributed by atoms with Crippen molar-refractivity contribution in [2.45, 2.75) is 19.5 Å². The highest BCUT2D eigenvalue weighted by atomic mass is 16.3. The molecule has 0 saturated carbocycles. The van der Waals surface area contributed by atoms with Crippen LogP contribution in [0.4, 0.5) is 0 Å². The van der Waals surface area contributed by atoms with Crippen LogP contribution in [0.25, 0.3) is 0 Å². The minimum absolute atomic E-state index is 0.0925. The second kappa shape index (κ2) is 4.09. The predicted molar refractivity (Wildman–Crippen MR) is 58.7 cm³/mol. The van der Waals surface area contributed by atoms with E-state index in [9.17, 15) is 9.90 Å². The van der Waals surface area contributed by atoms with Gasteiger partial charge in [0.1, 0.15) is 0 Å². The molecule has 0 aliphatic carbocycles. The summed E-state index contributed by atoms with van der Waals surface area (Å²) in [4.78, 5) is 13.2. The summed E-state index contributed by atoms with van der Waals surface area (Å²) < 4.78 is 1.85. The third-order valence-electron chi connectivity index (χ3n) is 2.83. The SMILES string of the molecule is C=CC(=O)N1CCn2nc(C)cc2C1CO. The van der Waals surface area contributed by atoms with Crippen LogP contribution in [0.1, 0.15) is 17.4 Å². The van der Waals surface area contributed by atoms with E-state index in [-0.39, 0.29) is 18.6 Å². The lowest BCUT2D eigenvalue weighted by molar-refractivity contribution is -0.130. The average Bonchev–Trinajstić information content (AvgIpc) is 2.66. The molecule has 0 saturated heterocycles. The lowest BCUT2D eigenvalue weighted by Crippen LogP contribution is -2.42. The summed E-state index contributed by atoms with van der Waals surface area (Å²) in [6.07, 6.45) is 1.28. The summed E-state index contributed by atoms with van der Waals surface area (Å²) >= 11 is 0. The van der Waals surface area contributed by atoms with Crippen molar-refractivity contribution in [3.8, 4) is 0 Å². The first kappa shape index (κ1) is 10.9. The quantitative estimate of drug-likeness (QED) is 0.728. The zero-order valence-electron chi connectivity index (χ0n) is 9.26. The average molecular weight is 221 g/mol. The number of carbonyl (C=O) groups is 1. The number of nitrogens with zero attached hydrogens (tertiary/aromatic N) is 3. The van der Waals surface area contributed by atoms with Crippen LogP contribution in [0.2, 0.25) is 0 Å². The van der Waals surface area contributed by atoms with E-state index in [1.807, 2.05) is 17.7 Å². The highest BCUT2D eigenvalue weighted by Crippen LogP contribution is 2.25. The lowest BCUT2D eigenvalue weighted by atomic mass is 10.1. The third-order valence-corrected chi connectivity index (χ3v) is 2.83. The number of aliphatic hydroxyl groups excluding tert-OH is 1. The summed E-state index contributed by atoms with van der Waals surface area (Å²) in [7, 11) is 0. The summed E-state index contributed by atoms with van der Waals surface area (Å²) in [6.45, 7) is 6.51. The third kappa shape index (κ3) is 1.63. The van der Waals surface area contributed by atoms with E-state index in [2.05, 4.69) is 11.7 Å². The minimum Gasteiger partial charge on any atom is -0.394 e. The van der Waals surface area contributed by atoms with Crippen LogP contribution in [0, 0.1) is 6.92 Å². The van der Waals surface area contributed by atoms with E-state index in [1.165, 1.54) is 6.08 Å². The molecule has 1 aromatic heterocycles. The van der Waals surface area contributed by atoms with Crippen molar-refractivity contribution in [3.05, 3.63) is 30.1 Å². The number of aromatic nitrogens is 2. The molecular formula is C11H15N3O2. The predicted octanol–water partition coefficient (Wildman–Crippen LogP) is 0.253. The molecule has 86 valence electrons. The molecule has 1 N–H and O–H groups in total. The molecular weight excluding hydrogens is 206 g/mol. The minimum atomic E-state index is -0.305. The Kier molecular flexibility index (Phi) is 2.78. The molecule has 1 aliphatic heterocycles. The van der Waals surface area contributed by atoms with Crippen LogP contribution in [-0.2, 0) is 11.3 Å². The maximum atomic E-state index is 11.6. The van der Waals surface area contributed by atoms with Gasteiger partial charge in [0.25, 0.3) is 0 Å². The van der Waals surface area contributed by atoms with Gasteiger partial charge in [0.05, 0.1) is 30.6 Å². The standard InChI is InChI=1S/C11H15N3O2/c1-3-11(16)13-4-5-14-9(10(13)7-15)6-8(2)12-14/h3,6,10,15H,1,4-5,7H2,2H3. The van der Waals surface area contributed by atoms with Crippen LogP contribution in [0.15, 0.2) is 18.7 Å². The Hall–Kier alpha value is -1.62. The number of amides is 1. The molecule has 1 amide bonds. The Morgan fingerprint density at radius 1 is 1.75 bits per heavy atom. The monoisotopic (exact) mass is 221 g/mol. The molecule has 1 aromatic rings. The smallest absolute Gasteiger partial charge is 0.246 e. The largest absolute Gasteiger partial charge is 0.394 e. The number of aryl methyl sites for hydroxylation is 1. The van der Waals surface area contributed by atoms with Gasteiger partial charge >= 0.3 is 0 Å². The van der Waals surface area contributed by atoms with Crippen molar-refractivity contribution < 1.29 is 9.90 Å². The summed E-state index contributed by atoms with van der Waals surface area (Å²) in [6, 6.07) is 1.60. The molecule has 2 rings (SSSR count). The van der Waals surface area contributed by atoms with E-state index >= 15 is 0 Å². The number of fused-ring (bicyclic) bond motifs is 1. The van der Waals surface area contributed by atoms with Gasteiger partial charge in [-0.25, -0.2) is 0 Å². The Labute approximate surface area is 94.0 Å². The van der Waals surface area contributed by atoms with Gasteiger partial charge in [-0.1, -0.05) is 6.58 Å². The molecule has 0 radical (unpaired) electrons. The van der Waals surface area contributed by atoms with Crippen molar-refractivity contribution >= 4 is 5.91 Å². The molecule has 0 bridgehead atoms. The zero-order chi connectivity index (χ0) is 11.7. The van der Waals surface area contributed by atoms with Gasteiger partial charge in [-0.15, -0.1) is 0 Å². The topological polar surface area (TPSA) is 58.4 Å². The molecule has 1 unspecified atom stereocenters. The van der Waals surface area contributed by atoms with E-state index in [0.29, 0.717) is 13.1 Å². The lowest BCUT2D eigenvalue weighted by Gasteiger charge is -2.34. The Morgan fingerprint density at radius 3 is 3.12 bits per heavy atom. The highest BCUT2D eigenvalue weighted by Gasteiger charge is 2.30. The Balaban J connectivity index is 2.36. The van der Waals surface area contributed by atoms with E-state index in [4.69, 9.17) is 0 Å². The van der Waals surface area contributed by atoms with Gasteiger partial charge in [-0.3, -0.25) is 9.48 Å². The molecule has 1 aliphatic rings. The first-order valence-electron chi connectivity index (χ1n) is 5.25. The van der Waals surface area contributed by atoms with Gasteiger partial charge in [-0.2, -0.15) is 5.10 Å². The Morgan fingerprint density at radius 2 is 2.50 bits per heavy atom. The van der Waals surface area contributed by atoms with Crippen LogP contribution >= 0.6 is 0 Å². The van der Waals surface area contributed by atoms with Crippen LogP contribution in [0.3, 0.4) is 0 Å².